The molecule has 0 N–H and O–H groups in total. The predicted octanol–water partition coefficient (Wildman–Crippen LogP) is 3.93. The number of aromatic nitrogens is 4. The zero-order valence-electron chi connectivity index (χ0n) is 17.2. The maximum atomic E-state index is 12.4. The fraction of sp³-hybridized carbons (Fsp3) is 0.450. The van der Waals surface area contributed by atoms with E-state index in [1.165, 1.54) is 0 Å². The number of carbonyl (C=O) groups is 1. The molecule has 2 heterocycles. The zero-order chi connectivity index (χ0) is 20.3. The molecule has 0 atom stereocenters. The van der Waals surface area contributed by atoms with Gasteiger partial charge in [-0.3, -0.25) is 4.68 Å². The minimum Gasteiger partial charge on any atom is -0.462 e. The summed E-state index contributed by atoms with van der Waals surface area (Å²) in [5.74, 6) is -0.375. The molecule has 3 aromatic rings. The normalized spacial score (nSPS) is 11.9. The van der Waals surface area contributed by atoms with Gasteiger partial charge in [0.2, 0.25) is 0 Å². The smallest absolute Gasteiger partial charge is 0.341 e. The Morgan fingerprint density at radius 3 is 2.75 bits per heavy atom. The largest absolute Gasteiger partial charge is 0.462 e. The summed E-state index contributed by atoms with van der Waals surface area (Å²) in [5.41, 5.74) is 2.78. The lowest BCUT2D eigenvalue weighted by Crippen LogP contribution is -2.22. The van der Waals surface area contributed by atoms with E-state index in [0.29, 0.717) is 24.6 Å². The first-order valence-corrected chi connectivity index (χ1v) is 13.2. The van der Waals surface area contributed by atoms with Crippen molar-refractivity contribution < 1.29 is 14.3 Å². The van der Waals surface area contributed by atoms with Crippen LogP contribution in [0.2, 0.25) is 25.7 Å². The Bertz CT molecular complexity index is 972. The van der Waals surface area contributed by atoms with Crippen LogP contribution in [0.25, 0.3) is 22.2 Å². The molecule has 0 aliphatic heterocycles. The molecule has 0 unspecified atom stereocenters. The van der Waals surface area contributed by atoms with Gasteiger partial charge in [0.1, 0.15) is 18.0 Å². The molecule has 0 saturated carbocycles. The van der Waals surface area contributed by atoms with Gasteiger partial charge < -0.3 is 9.47 Å². The van der Waals surface area contributed by atoms with E-state index in [-0.39, 0.29) is 5.97 Å². The predicted molar refractivity (Wildman–Crippen MR) is 112 cm³/mol. The zero-order valence-corrected chi connectivity index (χ0v) is 18.2. The van der Waals surface area contributed by atoms with Crippen LogP contribution in [0.1, 0.15) is 17.3 Å². The van der Waals surface area contributed by atoms with Crippen LogP contribution in [0.5, 0.6) is 0 Å². The summed E-state index contributed by atoms with van der Waals surface area (Å²) >= 11 is 0. The van der Waals surface area contributed by atoms with Crippen molar-refractivity contribution in [2.75, 3.05) is 13.2 Å². The number of hydrogen-bond acceptors (Lipinski definition) is 5. The van der Waals surface area contributed by atoms with Crippen LogP contribution in [-0.2, 0) is 23.3 Å². The number of rotatable bonds is 8. The molecular weight excluding hydrogens is 372 g/mol. The van der Waals surface area contributed by atoms with E-state index in [0.717, 1.165) is 29.1 Å². The number of ether oxygens (including phenoxy) is 2. The highest BCUT2D eigenvalue weighted by Crippen LogP contribution is 2.30. The minimum absolute atomic E-state index is 0.320. The van der Waals surface area contributed by atoms with Gasteiger partial charge >= 0.3 is 5.97 Å². The van der Waals surface area contributed by atoms with Crippen molar-refractivity contribution in [3.63, 3.8) is 0 Å². The standard InChI is InChI=1S/C20H28N4O3Si/c1-6-27-20(25)17-13-23(2)22-18(17)16-9-7-8-15-12-21-24(19(15)16)14-26-10-11-28(3,4)5/h7-9,12-13H,6,10-11,14H2,1-5H3. The third-order valence-electron chi connectivity index (χ3n) is 4.45. The molecule has 0 aliphatic carbocycles. The average Bonchev–Trinajstić information content (AvgIpc) is 3.21. The molecule has 0 bridgehead atoms. The Labute approximate surface area is 166 Å². The number of benzene rings is 1. The second-order valence-electron chi connectivity index (χ2n) is 8.02. The summed E-state index contributed by atoms with van der Waals surface area (Å²) in [4.78, 5) is 12.4. The molecule has 0 fully saturated rings. The number of esters is 1. The Morgan fingerprint density at radius 1 is 1.25 bits per heavy atom. The summed E-state index contributed by atoms with van der Waals surface area (Å²) in [5, 5.41) is 9.99. The van der Waals surface area contributed by atoms with Gasteiger partial charge in [0, 0.05) is 38.9 Å². The fourth-order valence-electron chi connectivity index (χ4n) is 3.01. The van der Waals surface area contributed by atoms with Gasteiger partial charge in [-0.2, -0.15) is 10.2 Å². The lowest BCUT2D eigenvalue weighted by Gasteiger charge is -2.15. The highest BCUT2D eigenvalue weighted by Gasteiger charge is 2.21. The molecule has 0 saturated heterocycles. The highest BCUT2D eigenvalue weighted by molar-refractivity contribution is 6.76. The van der Waals surface area contributed by atoms with E-state index in [1.54, 1.807) is 24.9 Å². The third-order valence-corrected chi connectivity index (χ3v) is 6.15. The van der Waals surface area contributed by atoms with Gasteiger partial charge in [-0.1, -0.05) is 37.8 Å². The molecule has 2 aromatic heterocycles. The lowest BCUT2D eigenvalue weighted by molar-refractivity contribution is 0.0527. The number of nitrogens with zero attached hydrogens (tertiary/aromatic N) is 4. The first-order chi connectivity index (χ1) is 13.3. The van der Waals surface area contributed by atoms with Crippen LogP contribution < -0.4 is 0 Å². The van der Waals surface area contributed by atoms with Crippen LogP contribution >= 0.6 is 0 Å². The van der Waals surface area contributed by atoms with Gasteiger partial charge in [-0.25, -0.2) is 9.48 Å². The molecule has 1 aromatic carbocycles. The lowest BCUT2D eigenvalue weighted by atomic mass is 10.1. The summed E-state index contributed by atoms with van der Waals surface area (Å²) in [6, 6.07) is 7.00. The molecule has 0 amide bonds. The Balaban J connectivity index is 1.95. The molecular formula is C20H28N4O3Si. The van der Waals surface area contributed by atoms with Gasteiger partial charge in [-0.05, 0) is 13.0 Å². The topological polar surface area (TPSA) is 71.2 Å². The molecule has 0 aliphatic rings. The van der Waals surface area contributed by atoms with E-state index in [9.17, 15) is 4.79 Å². The Kier molecular flexibility index (Phi) is 6.00. The fourth-order valence-corrected chi connectivity index (χ4v) is 3.76. The number of fused-ring (bicyclic) bond motifs is 1. The summed E-state index contributed by atoms with van der Waals surface area (Å²) in [6.07, 6.45) is 3.50. The quantitative estimate of drug-likeness (QED) is 0.325. The second-order valence-corrected chi connectivity index (χ2v) is 13.6. The van der Waals surface area contributed by atoms with Gasteiger partial charge in [-0.15, -0.1) is 0 Å². The van der Waals surface area contributed by atoms with Crippen LogP contribution in [0.3, 0.4) is 0 Å². The van der Waals surface area contributed by atoms with Crippen molar-refractivity contribution in [2.24, 2.45) is 7.05 Å². The maximum Gasteiger partial charge on any atom is 0.341 e. The van der Waals surface area contributed by atoms with Gasteiger partial charge in [0.25, 0.3) is 0 Å². The van der Waals surface area contributed by atoms with E-state index in [1.807, 2.05) is 29.1 Å². The number of para-hydroxylation sites is 1. The van der Waals surface area contributed by atoms with Crippen molar-refractivity contribution in [3.05, 3.63) is 36.2 Å². The summed E-state index contributed by atoms with van der Waals surface area (Å²) in [7, 11) is 0.654. The third kappa shape index (κ3) is 4.51. The molecule has 150 valence electrons. The molecule has 7 nitrogen and oxygen atoms in total. The van der Waals surface area contributed by atoms with Crippen molar-refractivity contribution in [1.82, 2.24) is 19.6 Å². The number of hydrogen-bond donors (Lipinski definition) is 0. The second kappa shape index (κ2) is 8.28. The Hall–Kier alpha value is -2.45. The van der Waals surface area contributed by atoms with Crippen LogP contribution in [0.4, 0.5) is 0 Å². The molecule has 3 rings (SSSR count). The highest BCUT2D eigenvalue weighted by atomic mass is 28.3. The molecule has 28 heavy (non-hydrogen) atoms. The Morgan fingerprint density at radius 2 is 2.04 bits per heavy atom. The average molecular weight is 401 g/mol. The molecule has 0 spiro atoms. The molecule has 8 heteroatoms. The van der Waals surface area contributed by atoms with Crippen molar-refractivity contribution >= 4 is 24.9 Å². The number of carbonyl (C=O) groups excluding carboxylic acids is 1. The summed E-state index contributed by atoms with van der Waals surface area (Å²) in [6.45, 7) is 10.2. The molecule has 0 radical (unpaired) electrons. The summed E-state index contributed by atoms with van der Waals surface area (Å²) < 4.78 is 14.6. The van der Waals surface area contributed by atoms with Gasteiger partial charge in [0.15, 0.2) is 0 Å². The monoisotopic (exact) mass is 400 g/mol. The van der Waals surface area contributed by atoms with E-state index < -0.39 is 8.07 Å². The minimum atomic E-state index is -1.14. The SMILES string of the molecule is CCOC(=O)c1cn(C)nc1-c1cccc2cnn(COCC[Si](C)(C)C)c12. The van der Waals surface area contributed by atoms with Crippen LogP contribution in [0, 0.1) is 0 Å². The first kappa shape index (κ1) is 20.3. The van der Waals surface area contributed by atoms with E-state index >= 15 is 0 Å². The van der Waals surface area contributed by atoms with Crippen molar-refractivity contribution in [2.45, 2.75) is 39.3 Å². The van der Waals surface area contributed by atoms with E-state index in [4.69, 9.17) is 9.47 Å². The van der Waals surface area contributed by atoms with E-state index in [2.05, 4.69) is 29.8 Å². The maximum absolute atomic E-state index is 12.4. The van der Waals surface area contributed by atoms with Crippen molar-refractivity contribution in [3.8, 4) is 11.3 Å². The number of aryl methyl sites for hydroxylation is 1. The van der Waals surface area contributed by atoms with Gasteiger partial charge in [0.05, 0.1) is 18.3 Å². The van der Waals surface area contributed by atoms with Crippen molar-refractivity contribution in [1.29, 1.82) is 0 Å². The van der Waals surface area contributed by atoms with Crippen LogP contribution in [-0.4, -0.2) is 46.8 Å². The van der Waals surface area contributed by atoms with Crippen LogP contribution in [0.15, 0.2) is 30.6 Å². The first-order valence-electron chi connectivity index (χ1n) is 9.53.